The van der Waals surface area contributed by atoms with Crippen molar-refractivity contribution in [2.75, 3.05) is 0 Å². The molecule has 0 atom stereocenters. The third-order valence-electron chi connectivity index (χ3n) is 3.92. The summed E-state index contributed by atoms with van der Waals surface area (Å²) in [5, 5.41) is 22.5. The zero-order valence-electron chi connectivity index (χ0n) is 13.8. The van der Waals surface area contributed by atoms with Crippen LogP contribution in [-0.4, -0.2) is 40.8 Å². The van der Waals surface area contributed by atoms with Crippen molar-refractivity contribution in [1.82, 2.24) is 40.8 Å². The second-order valence-corrected chi connectivity index (χ2v) is 6.57. The number of para-hydroxylation sites is 1. The number of H-pyrrole nitrogens is 2. The molecule has 4 heterocycles. The summed E-state index contributed by atoms with van der Waals surface area (Å²) in [5.41, 5.74) is 1.83. The average molecular weight is 376 g/mol. The number of hydrogen-bond acceptors (Lipinski definition) is 8. The number of thioether (sulfide) groups is 1. The monoisotopic (exact) mass is 376 g/mol. The second kappa shape index (κ2) is 6.65. The smallest absolute Gasteiger partial charge is 0.209 e. The Morgan fingerprint density at radius 2 is 1.93 bits per heavy atom. The molecular formula is C17H12N8OS. The predicted octanol–water partition coefficient (Wildman–Crippen LogP) is 3.09. The molecule has 4 aromatic heterocycles. The Bertz CT molecular complexity index is 1190. The van der Waals surface area contributed by atoms with Gasteiger partial charge in [-0.3, -0.25) is 10.1 Å². The van der Waals surface area contributed by atoms with Gasteiger partial charge in [-0.05, 0) is 24.3 Å². The molecule has 132 valence electrons. The lowest BCUT2D eigenvalue weighted by Gasteiger charge is -2.02. The largest absolute Gasteiger partial charge is 0.453 e. The number of nitrogens with zero attached hydrogens (tertiary/aromatic N) is 6. The quantitative estimate of drug-likeness (QED) is 0.449. The standard InChI is InChI=1S/C17H12N8OS/c1-3-10-4-2-8-18-15(10)11(5-1)12-6-7-13(26-12)16-19-17(23-22-16)27-9-14-20-24-25-21-14/h1-8H,9H2,(H,19,22,23)(H,20,21,24,25). The van der Waals surface area contributed by atoms with Crippen molar-refractivity contribution in [1.29, 1.82) is 0 Å². The number of fused-ring (bicyclic) bond motifs is 1. The minimum Gasteiger partial charge on any atom is -0.453 e. The minimum atomic E-state index is 0.527. The Morgan fingerprint density at radius 1 is 1.00 bits per heavy atom. The fraction of sp³-hybridized carbons (Fsp3) is 0.0588. The van der Waals surface area contributed by atoms with Crippen LogP contribution in [0.4, 0.5) is 0 Å². The summed E-state index contributed by atoms with van der Waals surface area (Å²) in [5.74, 6) is 3.02. The zero-order valence-corrected chi connectivity index (χ0v) is 14.6. The number of pyridine rings is 1. The maximum Gasteiger partial charge on any atom is 0.209 e. The van der Waals surface area contributed by atoms with E-state index in [9.17, 15) is 0 Å². The third-order valence-corrected chi connectivity index (χ3v) is 4.77. The molecule has 0 aliphatic carbocycles. The second-order valence-electron chi connectivity index (χ2n) is 5.63. The van der Waals surface area contributed by atoms with E-state index < -0.39 is 0 Å². The fourth-order valence-corrected chi connectivity index (χ4v) is 3.35. The summed E-state index contributed by atoms with van der Waals surface area (Å²) in [6.07, 6.45) is 1.78. The number of benzene rings is 1. The van der Waals surface area contributed by atoms with Gasteiger partial charge in [0.2, 0.25) is 5.16 Å². The van der Waals surface area contributed by atoms with E-state index in [1.807, 2.05) is 42.5 Å². The number of nitrogens with one attached hydrogen (secondary N) is 2. The van der Waals surface area contributed by atoms with Crippen LogP contribution >= 0.6 is 11.8 Å². The van der Waals surface area contributed by atoms with Gasteiger partial charge in [0, 0.05) is 17.1 Å². The van der Waals surface area contributed by atoms with Crippen LogP contribution in [0.3, 0.4) is 0 Å². The molecule has 0 aliphatic rings. The highest BCUT2D eigenvalue weighted by molar-refractivity contribution is 7.98. The first-order chi connectivity index (χ1) is 13.4. The van der Waals surface area contributed by atoms with Gasteiger partial charge in [0.15, 0.2) is 17.4 Å². The molecule has 27 heavy (non-hydrogen) atoms. The molecule has 5 rings (SSSR count). The zero-order chi connectivity index (χ0) is 18.1. The molecule has 1 aromatic carbocycles. The van der Waals surface area contributed by atoms with Crippen LogP contribution < -0.4 is 0 Å². The van der Waals surface area contributed by atoms with Crippen molar-refractivity contribution in [3.8, 4) is 22.9 Å². The van der Waals surface area contributed by atoms with Gasteiger partial charge in [-0.1, -0.05) is 35.2 Å². The highest BCUT2D eigenvalue weighted by Crippen LogP contribution is 2.31. The highest BCUT2D eigenvalue weighted by atomic mass is 32.2. The first kappa shape index (κ1) is 15.7. The van der Waals surface area contributed by atoms with Crippen LogP contribution in [0.25, 0.3) is 33.8 Å². The van der Waals surface area contributed by atoms with Crippen molar-refractivity contribution in [2.45, 2.75) is 10.9 Å². The molecule has 0 saturated heterocycles. The molecule has 0 amide bonds. The lowest BCUT2D eigenvalue weighted by atomic mass is 10.1. The number of hydrogen-bond donors (Lipinski definition) is 2. The van der Waals surface area contributed by atoms with E-state index in [1.165, 1.54) is 11.8 Å². The molecule has 0 unspecified atom stereocenters. The van der Waals surface area contributed by atoms with Gasteiger partial charge < -0.3 is 4.42 Å². The summed E-state index contributed by atoms with van der Waals surface area (Å²) >= 11 is 1.41. The summed E-state index contributed by atoms with van der Waals surface area (Å²) < 4.78 is 6.00. The Hall–Kier alpha value is -3.53. The molecule has 0 saturated carbocycles. The number of tetrazole rings is 1. The maximum absolute atomic E-state index is 6.00. The van der Waals surface area contributed by atoms with Crippen LogP contribution in [0.2, 0.25) is 0 Å². The van der Waals surface area contributed by atoms with Crippen molar-refractivity contribution >= 4 is 22.7 Å². The number of aromatic amines is 2. The molecule has 9 nitrogen and oxygen atoms in total. The average Bonchev–Trinajstić information content (AvgIpc) is 3.47. The van der Waals surface area contributed by atoms with E-state index in [2.05, 4.69) is 40.8 Å². The van der Waals surface area contributed by atoms with E-state index >= 15 is 0 Å². The van der Waals surface area contributed by atoms with E-state index in [1.54, 1.807) is 6.20 Å². The summed E-state index contributed by atoms with van der Waals surface area (Å²) in [7, 11) is 0. The molecule has 0 aliphatic heterocycles. The molecule has 5 aromatic rings. The van der Waals surface area contributed by atoms with Gasteiger partial charge in [0.1, 0.15) is 5.76 Å². The number of aromatic nitrogens is 8. The normalized spacial score (nSPS) is 11.3. The molecule has 2 N–H and O–H groups in total. The van der Waals surface area contributed by atoms with Gasteiger partial charge >= 0.3 is 0 Å². The lowest BCUT2D eigenvalue weighted by Crippen LogP contribution is -1.85. The van der Waals surface area contributed by atoms with Crippen LogP contribution in [0, 0.1) is 0 Å². The Morgan fingerprint density at radius 3 is 2.85 bits per heavy atom. The van der Waals surface area contributed by atoms with Gasteiger partial charge in [0.05, 0.1) is 11.3 Å². The summed E-state index contributed by atoms with van der Waals surface area (Å²) in [6, 6.07) is 13.7. The Kier molecular flexibility index (Phi) is 3.87. The molecule has 0 radical (unpaired) electrons. The molecular weight excluding hydrogens is 364 g/mol. The first-order valence-corrected chi connectivity index (χ1v) is 9.07. The summed E-state index contributed by atoms with van der Waals surface area (Å²) in [6.45, 7) is 0. The van der Waals surface area contributed by atoms with Gasteiger partial charge in [-0.15, -0.1) is 15.3 Å². The van der Waals surface area contributed by atoms with Gasteiger partial charge in [0.25, 0.3) is 0 Å². The Balaban J connectivity index is 1.41. The van der Waals surface area contributed by atoms with E-state index in [0.717, 1.165) is 22.2 Å². The SMILES string of the molecule is c1cnc2c(-c3ccc(-c4nc(SCc5nn[nH]n5)n[nH]4)o3)cccc2c1. The van der Waals surface area contributed by atoms with Crippen LogP contribution in [0.5, 0.6) is 0 Å². The first-order valence-electron chi connectivity index (χ1n) is 8.09. The van der Waals surface area contributed by atoms with Crippen LogP contribution in [-0.2, 0) is 5.75 Å². The number of furan rings is 1. The topological polar surface area (TPSA) is 122 Å². The Labute approximate surface area is 156 Å². The van der Waals surface area contributed by atoms with Crippen LogP contribution in [0.15, 0.2) is 58.2 Å². The molecule has 0 fully saturated rings. The van der Waals surface area contributed by atoms with E-state index in [0.29, 0.717) is 28.3 Å². The van der Waals surface area contributed by atoms with Crippen molar-refractivity contribution in [3.63, 3.8) is 0 Å². The molecule has 0 spiro atoms. The third kappa shape index (κ3) is 3.06. The van der Waals surface area contributed by atoms with E-state index in [4.69, 9.17) is 4.42 Å². The van der Waals surface area contributed by atoms with Gasteiger partial charge in [-0.25, -0.2) is 0 Å². The lowest BCUT2D eigenvalue weighted by molar-refractivity contribution is 0.593. The molecule has 10 heteroatoms. The maximum atomic E-state index is 6.00. The summed E-state index contributed by atoms with van der Waals surface area (Å²) in [4.78, 5) is 8.92. The van der Waals surface area contributed by atoms with Crippen molar-refractivity contribution < 1.29 is 4.42 Å². The van der Waals surface area contributed by atoms with Crippen LogP contribution in [0.1, 0.15) is 5.82 Å². The van der Waals surface area contributed by atoms with Gasteiger partial charge in [-0.2, -0.15) is 10.2 Å². The fourth-order valence-electron chi connectivity index (χ4n) is 2.71. The van der Waals surface area contributed by atoms with Crippen molar-refractivity contribution in [2.24, 2.45) is 0 Å². The van der Waals surface area contributed by atoms with E-state index in [-0.39, 0.29) is 0 Å². The number of rotatable bonds is 5. The predicted molar refractivity (Wildman–Crippen MR) is 98.6 cm³/mol. The highest BCUT2D eigenvalue weighted by Gasteiger charge is 2.14. The molecule has 0 bridgehead atoms. The van der Waals surface area contributed by atoms with Crippen molar-refractivity contribution in [3.05, 3.63) is 54.5 Å². The minimum absolute atomic E-state index is 0.527.